The number of rotatable bonds is 2. The lowest BCUT2D eigenvalue weighted by molar-refractivity contribution is 0.417. The van der Waals surface area contributed by atoms with E-state index in [0.29, 0.717) is 6.04 Å². The van der Waals surface area contributed by atoms with Crippen molar-refractivity contribution in [3.8, 4) is 0 Å². The molecule has 2 aliphatic rings. The SMILES string of the molecule is CC1CCC(NC2CCSc3ccccc32)C1. The second-order valence-corrected chi connectivity index (χ2v) is 6.65. The summed E-state index contributed by atoms with van der Waals surface area (Å²) in [5.41, 5.74) is 1.53. The predicted molar refractivity (Wildman–Crippen MR) is 74.5 cm³/mol. The van der Waals surface area contributed by atoms with Crippen LogP contribution in [-0.2, 0) is 0 Å². The molecular formula is C15H21NS. The summed E-state index contributed by atoms with van der Waals surface area (Å²) in [6.07, 6.45) is 5.42. The largest absolute Gasteiger partial charge is 0.307 e. The Morgan fingerprint density at radius 1 is 1.18 bits per heavy atom. The monoisotopic (exact) mass is 247 g/mol. The van der Waals surface area contributed by atoms with Crippen molar-refractivity contribution >= 4 is 11.8 Å². The first kappa shape index (κ1) is 11.6. The van der Waals surface area contributed by atoms with Crippen LogP contribution in [-0.4, -0.2) is 11.8 Å². The average molecular weight is 247 g/mol. The molecule has 92 valence electrons. The van der Waals surface area contributed by atoms with Gasteiger partial charge in [-0.25, -0.2) is 0 Å². The summed E-state index contributed by atoms with van der Waals surface area (Å²) in [5.74, 6) is 2.18. The summed E-state index contributed by atoms with van der Waals surface area (Å²) in [5, 5.41) is 3.89. The van der Waals surface area contributed by atoms with Crippen molar-refractivity contribution in [3.63, 3.8) is 0 Å². The van der Waals surface area contributed by atoms with Crippen LogP contribution in [0.25, 0.3) is 0 Å². The van der Waals surface area contributed by atoms with Gasteiger partial charge in [-0.2, -0.15) is 0 Å². The number of fused-ring (bicyclic) bond motifs is 1. The molecular weight excluding hydrogens is 226 g/mol. The molecule has 2 heteroatoms. The molecule has 0 aromatic heterocycles. The Bertz CT molecular complexity index is 390. The Hall–Kier alpha value is -0.470. The lowest BCUT2D eigenvalue weighted by Gasteiger charge is -2.28. The van der Waals surface area contributed by atoms with Crippen molar-refractivity contribution in [1.29, 1.82) is 0 Å². The topological polar surface area (TPSA) is 12.0 Å². The van der Waals surface area contributed by atoms with Gasteiger partial charge in [-0.1, -0.05) is 25.1 Å². The highest BCUT2D eigenvalue weighted by Crippen LogP contribution is 2.37. The van der Waals surface area contributed by atoms with Crippen LogP contribution in [0, 0.1) is 5.92 Å². The van der Waals surface area contributed by atoms with Gasteiger partial charge in [0.05, 0.1) is 0 Å². The van der Waals surface area contributed by atoms with Crippen LogP contribution >= 0.6 is 11.8 Å². The first-order valence-corrected chi connectivity index (χ1v) is 7.79. The summed E-state index contributed by atoms with van der Waals surface area (Å²) in [6.45, 7) is 2.38. The highest BCUT2D eigenvalue weighted by atomic mass is 32.2. The van der Waals surface area contributed by atoms with Gasteiger partial charge in [0.1, 0.15) is 0 Å². The first-order chi connectivity index (χ1) is 8.33. The molecule has 1 N–H and O–H groups in total. The normalized spacial score (nSPS) is 32.4. The van der Waals surface area contributed by atoms with E-state index in [2.05, 4.69) is 36.5 Å². The maximum Gasteiger partial charge on any atom is 0.0341 e. The quantitative estimate of drug-likeness (QED) is 0.847. The molecule has 1 saturated carbocycles. The van der Waals surface area contributed by atoms with Gasteiger partial charge >= 0.3 is 0 Å². The molecule has 0 spiro atoms. The third-order valence-electron chi connectivity index (χ3n) is 4.09. The highest BCUT2D eigenvalue weighted by molar-refractivity contribution is 7.99. The summed E-state index contributed by atoms with van der Waals surface area (Å²) in [6, 6.07) is 10.3. The number of nitrogens with one attached hydrogen (secondary N) is 1. The van der Waals surface area contributed by atoms with Crippen molar-refractivity contribution < 1.29 is 0 Å². The highest BCUT2D eigenvalue weighted by Gasteiger charge is 2.26. The van der Waals surface area contributed by atoms with E-state index in [-0.39, 0.29) is 0 Å². The standard InChI is InChI=1S/C15H21NS/c1-11-6-7-12(10-11)16-14-8-9-17-15-5-3-2-4-13(14)15/h2-5,11-12,14,16H,6-10H2,1H3. The lowest BCUT2D eigenvalue weighted by atomic mass is 10.0. The predicted octanol–water partition coefficient (Wildman–Crippen LogP) is 4.00. The van der Waals surface area contributed by atoms with E-state index in [1.807, 2.05) is 11.8 Å². The van der Waals surface area contributed by atoms with Gasteiger partial charge in [-0.15, -0.1) is 11.8 Å². The molecule has 3 atom stereocenters. The Balaban J connectivity index is 1.72. The molecule has 1 heterocycles. The zero-order valence-electron chi connectivity index (χ0n) is 10.5. The smallest absolute Gasteiger partial charge is 0.0341 e. The molecule has 0 bridgehead atoms. The van der Waals surface area contributed by atoms with Crippen LogP contribution in [0.15, 0.2) is 29.2 Å². The molecule has 0 saturated heterocycles. The molecule has 17 heavy (non-hydrogen) atoms. The van der Waals surface area contributed by atoms with E-state index in [1.165, 1.54) is 41.9 Å². The molecule has 1 fully saturated rings. The van der Waals surface area contributed by atoms with E-state index < -0.39 is 0 Å². The Morgan fingerprint density at radius 2 is 2.06 bits per heavy atom. The van der Waals surface area contributed by atoms with Gasteiger partial charge in [-0.3, -0.25) is 0 Å². The van der Waals surface area contributed by atoms with Crippen LogP contribution in [0.1, 0.15) is 44.2 Å². The summed E-state index contributed by atoms with van der Waals surface area (Å²) in [7, 11) is 0. The second kappa shape index (κ2) is 5.03. The van der Waals surface area contributed by atoms with E-state index in [0.717, 1.165) is 12.0 Å². The van der Waals surface area contributed by atoms with Gasteiger partial charge in [-0.05, 0) is 49.0 Å². The van der Waals surface area contributed by atoms with E-state index in [1.54, 1.807) is 0 Å². The first-order valence-electron chi connectivity index (χ1n) is 6.80. The minimum Gasteiger partial charge on any atom is -0.307 e. The molecule has 1 aliphatic heterocycles. The number of hydrogen-bond donors (Lipinski definition) is 1. The fourth-order valence-corrected chi connectivity index (χ4v) is 4.28. The van der Waals surface area contributed by atoms with Crippen LogP contribution in [0.5, 0.6) is 0 Å². The summed E-state index contributed by atoms with van der Waals surface area (Å²) < 4.78 is 0. The van der Waals surface area contributed by atoms with Crippen molar-refractivity contribution in [2.24, 2.45) is 5.92 Å². The number of benzene rings is 1. The van der Waals surface area contributed by atoms with Crippen LogP contribution in [0.2, 0.25) is 0 Å². The van der Waals surface area contributed by atoms with Gasteiger partial charge in [0.2, 0.25) is 0 Å². The van der Waals surface area contributed by atoms with E-state index in [4.69, 9.17) is 0 Å². The number of hydrogen-bond acceptors (Lipinski definition) is 2. The molecule has 1 nitrogen and oxygen atoms in total. The minimum atomic E-state index is 0.600. The fraction of sp³-hybridized carbons (Fsp3) is 0.600. The molecule has 0 radical (unpaired) electrons. The Kier molecular flexibility index (Phi) is 3.44. The molecule has 1 aliphatic carbocycles. The molecule has 0 amide bonds. The zero-order chi connectivity index (χ0) is 11.7. The van der Waals surface area contributed by atoms with Gasteiger partial charge in [0, 0.05) is 17.0 Å². The minimum absolute atomic E-state index is 0.600. The molecule has 3 rings (SSSR count). The zero-order valence-corrected chi connectivity index (χ0v) is 11.3. The van der Waals surface area contributed by atoms with Crippen LogP contribution in [0.3, 0.4) is 0 Å². The average Bonchev–Trinajstić information content (AvgIpc) is 2.75. The second-order valence-electron chi connectivity index (χ2n) is 5.51. The van der Waals surface area contributed by atoms with Gasteiger partial charge in [0.25, 0.3) is 0 Å². The van der Waals surface area contributed by atoms with E-state index in [9.17, 15) is 0 Å². The van der Waals surface area contributed by atoms with Crippen molar-refractivity contribution in [1.82, 2.24) is 5.32 Å². The maximum absolute atomic E-state index is 3.89. The van der Waals surface area contributed by atoms with Crippen molar-refractivity contribution in [2.75, 3.05) is 5.75 Å². The Labute approximate surface area is 108 Å². The van der Waals surface area contributed by atoms with Crippen molar-refractivity contribution in [3.05, 3.63) is 29.8 Å². The van der Waals surface area contributed by atoms with Gasteiger partial charge in [0.15, 0.2) is 0 Å². The van der Waals surface area contributed by atoms with Crippen LogP contribution < -0.4 is 5.32 Å². The summed E-state index contributed by atoms with van der Waals surface area (Å²) >= 11 is 2.01. The fourth-order valence-electron chi connectivity index (χ4n) is 3.16. The number of thioether (sulfide) groups is 1. The lowest BCUT2D eigenvalue weighted by Crippen LogP contribution is -2.32. The maximum atomic E-state index is 3.89. The summed E-state index contributed by atoms with van der Waals surface area (Å²) in [4.78, 5) is 1.49. The third-order valence-corrected chi connectivity index (χ3v) is 5.21. The van der Waals surface area contributed by atoms with Crippen molar-refractivity contribution in [2.45, 2.75) is 49.6 Å². The molecule has 1 aromatic rings. The van der Waals surface area contributed by atoms with E-state index >= 15 is 0 Å². The Morgan fingerprint density at radius 3 is 2.88 bits per heavy atom. The third kappa shape index (κ3) is 2.53. The van der Waals surface area contributed by atoms with Gasteiger partial charge < -0.3 is 5.32 Å². The van der Waals surface area contributed by atoms with Crippen LogP contribution in [0.4, 0.5) is 0 Å². The molecule has 3 unspecified atom stereocenters. The molecule has 1 aromatic carbocycles.